The van der Waals surface area contributed by atoms with Crippen molar-refractivity contribution in [3.63, 3.8) is 0 Å². The average molecular weight is 275 g/mol. The molecule has 0 aromatic carbocycles. The second-order valence-corrected chi connectivity index (χ2v) is 11.0. The lowest BCUT2D eigenvalue weighted by molar-refractivity contribution is -0.142. The van der Waals surface area contributed by atoms with Crippen LogP contribution in [-0.4, -0.2) is 40.1 Å². The molecule has 1 atom stereocenters. The molecule has 0 aromatic heterocycles. The maximum absolute atomic E-state index is 11.2. The Kier molecular flexibility index (Phi) is 7.10. The van der Waals surface area contributed by atoms with Crippen molar-refractivity contribution in [1.29, 1.82) is 0 Å². The molecule has 0 spiro atoms. The third-order valence-electron chi connectivity index (χ3n) is 3.40. The second kappa shape index (κ2) is 7.26. The molecule has 0 fully saturated rings. The third-order valence-corrected chi connectivity index (χ3v) is 7.90. The Hall–Kier alpha value is -0.393. The lowest BCUT2D eigenvalue weighted by atomic mass is 10.2. The number of rotatable bonds is 7. The Morgan fingerprint density at radius 2 is 1.89 bits per heavy atom. The van der Waals surface area contributed by atoms with E-state index in [4.69, 9.17) is 9.16 Å². The predicted molar refractivity (Wildman–Crippen MR) is 77.2 cm³/mol. The van der Waals surface area contributed by atoms with Gasteiger partial charge in [0.05, 0.1) is 13.2 Å². The highest BCUT2D eigenvalue weighted by Crippen LogP contribution is 2.36. The maximum Gasteiger partial charge on any atom is 0.319 e. The van der Waals surface area contributed by atoms with E-state index in [0.29, 0.717) is 13.2 Å². The molecule has 0 amide bonds. The van der Waals surface area contributed by atoms with Gasteiger partial charge in [-0.2, -0.15) is 0 Å². The summed E-state index contributed by atoms with van der Waals surface area (Å²) >= 11 is 0. The standard InChI is InChI=1S/C13H29NO3Si/c1-8-16-12(15)9-14-11(2)10-17-18(6,7)13(3,4)5/h11,14H,8-10H2,1-7H3/t11-/m1/s1. The molecule has 1 N–H and O–H groups in total. The molecule has 0 radical (unpaired) electrons. The van der Waals surface area contributed by atoms with E-state index in [1.807, 2.05) is 13.8 Å². The maximum atomic E-state index is 11.2. The van der Waals surface area contributed by atoms with Gasteiger partial charge < -0.3 is 14.5 Å². The molecular formula is C13H29NO3Si. The Labute approximate surface area is 113 Å². The molecule has 18 heavy (non-hydrogen) atoms. The number of hydrogen-bond donors (Lipinski definition) is 1. The molecule has 0 rings (SSSR count). The summed E-state index contributed by atoms with van der Waals surface area (Å²) in [5.41, 5.74) is 0. The molecule has 108 valence electrons. The van der Waals surface area contributed by atoms with Gasteiger partial charge in [0.1, 0.15) is 0 Å². The largest absolute Gasteiger partial charge is 0.465 e. The smallest absolute Gasteiger partial charge is 0.319 e. The van der Waals surface area contributed by atoms with Crippen LogP contribution in [0.15, 0.2) is 0 Å². The molecule has 0 aromatic rings. The van der Waals surface area contributed by atoms with Crippen molar-refractivity contribution in [2.45, 2.75) is 58.8 Å². The fourth-order valence-corrected chi connectivity index (χ4v) is 2.18. The minimum absolute atomic E-state index is 0.156. The van der Waals surface area contributed by atoms with E-state index in [2.05, 4.69) is 39.2 Å². The predicted octanol–water partition coefficient (Wildman–Crippen LogP) is 2.55. The first-order valence-electron chi connectivity index (χ1n) is 6.63. The summed E-state index contributed by atoms with van der Waals surface area (Å²) in [5, 5.41) is 3.33. The molecule has 4 nitrogen and oxygen atoms in total. The highest BCUT2D eigenvalue weighted by molar-refractivity contribution is 6.74. The Morgan fingerprint density at radius 1 is 1.33 bits per heavy atom. The summed E-state index contributed by atoms with van der Waals surface area (Å²) in [6.45, 7) is 16.2. The van der Waals surface area contributed by atoms with Crippen molar-refractivity contribution in [1.82, 2.24) is 5.32 Å². The van der Waals surface area contributed by atoms with Crippen molar-refractivity contribution < 1.29 is 14.0 Å². The lowest BCUT2D eigenvalue weighted by Gasteiger charge is -2.37. The summed E-state index contributed by atoms with van der Waals surface area (Å²) in [6.07, 6.45) is 0. The summed E-state index contributed by atoms with van der Waals surface area (Å²) in [6, 6.07) is 0.156. The average Bonchev–Trinajstić information content (AvgIpc) is 2.22. The van der Waals surface area contributed by atoms with Gasteiger partial charge in [-0.1, -0.05) is 20.8 Å². The van der Waals surface area contributed by atoms with Crippen LogP contribution in [0.25, 0.3) is 0 Å². The minimum Gasteiger partial charge on any atom is -0.465 e. The van der Waals surface area contributed by atoms with Crippen LogP contribution in [0.4, 0.5) is 0 Å². The highest BCUT2D eigenvalue weighted by Gasteiger charge is 2.37. The Morgan fingerprint density at radius 3 is 2.33 bits per heavy atom. The van der Waals surface area contributed by atoms with Gasteiger partial charge in [0.15, 0.2) is 8.32 Å². The zero-order chi connectivity index (χ0) is 14.4. The number of esters is 1. The van der Waals surface area contributed by atoms with E-state index in [-0.39, 0.29) is 23.6 Å². The van der Waals surface area contributed by atoms with Crippen LogP contribution in [0.5, 0.6) is 0 Å². The zero-order valence-electron chi connectivity index (χ0n) is 12.9. The number of ether oxygens (including phenoxy) is 1. The summed E-state index contributed by atoms with van der Waals surface area (Å²) < 4.78 is 10.9. The van der Waals surface area contributed by atoms with Gasteiger partial charge in [0.2, 0.25) is 0 Å². The normalized spacial score (nSPS) is 14.4. The van der Waals surface area contributed by atoms with Gasteiger partial charge >= 0.3 is 5.97 Å². The molecule has 0 unspecified atom stereocenters. The van der Waals surface area contributed by atoms with Crippen LogP contribution in [0, 0.1) is 0 Å². The van der Waals surface area contributed by atoms with Crippen LogP contribution in [0.2, 0.25) is 18.1 Å². The second-order valence-electron chi connectivity index (χ2n) is 6.16. The quantitative estimate of drug-likeness (QED) is 0.573. The fourth-order valence-electron chi connectivity index (χ4n) is 1.08. The molecule has 0 aliphatic rings. The monoisotopic (exact) mass is 275 g/mol. The molecule has 0 heterocycles. The van der Waals surface area contributed by atoms with Crippen molar-refractivity contribution in [3.8, 4) is 0 Å². The first-order chi connectivity index (χ1) is 8.10. The first kappa shape index (κ1) is 17.6. The first-order valence-corrected chi connectivity index (χ1v) is 9.54. The van der Waals surface area contributed by atoms with Gasteiger partial charge in [-0.25, -0.2) is 0 Å². The van der Waals surface area contributed by atoms with Crippen molar-refractivity contribution in [3.05, 3.63) is 0 Å². The fraction of sp³-hybridized carbons (Fsp3) is 0.923. The van der Waals surface area contributed by atoms with Gasteiger partial charge in [-0.3, -0.25) is 4.79 Å². The molecule has 0 saturated carbocycles. The summed E-state index contributed by atoms with van der Waals surface area (Å²) in [4.78, 5) is 11.2. The van der Waals surface area contributed by atoms with Crippen molar-refractivity contribution in [2.24, 2.45) is 0 Å². The number of nitrogens with one attached hydrogen (secondary N) is 1. The SMILES string of the molecule is CCOC(=O)CN[C@H](C)CO[Si](C)(C)C(C)(C)C. The number of hydrogen-bond acceptors (Lipinski definition) is 4. The van der Waals surface area contributed by atoms with Crippen LogP contribution in [-0.2, 0) is 14.0 Å². The minimum atomic E-state index is -1.70. The van der Waals surface area contributed by atoms with E-state index in [1.165, 1.54) is 0 Å². The molecule has 0 aliphatic carbocycles. The molecule has 0 saturated heterocycles. The van der Waals surface area contributed by atoms with E-state index in [9.17, 15) is 4.79 Å². The molecule has 5 heteroatoms. The topological polar surface area (TPSA) is 47.6 Å². The van der Waals surface area contributed by atoms with E-state index in [0.717, 1.165) is 0 Å². The van der Waals surface area contributed by atoms with Gasteiger partial charge in [0.25, 0.3) is 0 Å². The van der Waals surface area contributed by atoms with Crippen LogP contribution in [0.3, 0.4) is 0 Å². The van der Waals surface area contributed by atoms with E-state index >= 15 is 0 Å². The van der Waals surface area contributed by atoms with Crippen LogP contribution >= 0.6 is 0 Å². The highest BCUT2D eigenvalue weighted by atomic mass is 28.4. The third kappa shape index (κ3) is 6.52. The Balaban J connectivity index is 3.97. The van der Waals surface area contributed by atoms with Gasteiger partial charge in [-0.15, -0.1) is 0 Å². The van der Waals surface area contributed by atoms with E-state index < -0.39 is 8.32 Å². The summed E-state index contributed by atoms with van der Waals surface area (Å²) in [7, 11) is -1.70. The van der Waals surface area contributed by atoms with Crippen molar-refractivity contribution in [2.75, 3.05) is 19.8 Å². The summed E-state index contributed by atoms with van der Waals surface area (Å²) in [5.74, 6) is -0.211. The van der Waals surface area contributed by atoms with Crippen LogP contribution in [0.1, 0.15) is 34.6 Å². The molecular weight excluding hydrogens is 246 g/mol. The molecule has 0 aliphatic heterocycles. The number of carbonyl (C=O) groups is 1. The van der Waals surface area contributed by atoms with Gasteiger partial charge in [0, 0.05) is 12.6 Å². The van der Waals surface area contributed by atoms with Crippen molar-refractivity contribution >= 4 is 14.3 Å². The Bertz CT molecular complexity index is 261. The lowest BCUT2D eigenvalue weighted by Crippen LogP contribution is -2.45. The number of carbonyl (C=O) groups excluding carboxylic acids is 1. The zero-order valence-corrected chi connectivity index (χ0v) is 13.9. The van der Waals surface area contributed by atoms with Crippen LogP contribution < -0.4 is 5.32 Å². The van der Waals surface area contributed by atoms with Gasteiger partial charge in [-0.05, 0) is 32.0 Å². The van der Waals surface area contributed by atoms with E-state index in [1.54, 1.807) is 0 Å². The molecule has 0 bridgehead atoms.